The van der Waals surface area contributed by atoms with E-state index in [2.05, 4.69) is 14.6 Å². The number of carbonyl (C=O) groups is 1. The minimum atomic E-state index is -4.77. The second-order valence-corrected chi connectivity index (χ2v) is 9.96. The van der Waals surface area contributed by atoms with Crippen molar-refractivity contribution in [1.29, 1.82) is 0 Å². The Morgan fingerprint density at radius 3 is 2.69 bits per heavy atom. The SMILES string of the molecule is COCc1ccc(CN2CC3C(C2)C3CN(Cc2cccc(OC(F)(F)F)c2)C(=O)c2cscn2)o1. The third-order valence-corrected chi connectivity index (χ3v) is 7.29. The molecule has 3 heterocycles. The fourth-order valence-electron chi connectivity index (χ4n) is 5.10. The van der Waals surface area contributed by atoms with Gasteiger partial charge < -0.3 is 18.8 Å². The summed E-state index contributed by atoms with van der Waals surface area (Å²) >= 11 is 1.33. The summed E-state index contributed by atoms with van der Waals surface area (Å²) in [6.45, 7) is 3.73. The lowest BCUT2D eigenvalue weighted by Gasteiger charge is -2.25. The van der Waals surface area contributed by atoms with E-state index in [0.717, 1.165) is 31.2 Å². The molecule has 2 atom stereocenters. The van der Waals surface area contributed by atoms with E-state index in [1.807, 2.05) is 12.1 Å². The lowest BCUT2D eigenvalue weighted by Crippen LogP contribution is -2.35. The van der Waals surface area contributed by atoms with Gasteiger partial charge in [0.05, 0.1) is 12.1 Å². The maximum Gasteiger partial charge on any atom is 0.573 e. The number of nitrogens with zero attached hydrogens (tertiary/aromatic N) is 3. The van der Waals surface area contributed by atoms with E-state index in [9.17, 15) is 18.0 Å². The van der Waals surface area contributed by atoms with Crippen molar-refractivity contribution in [3.63, 3.8) is 0 Å². The van der Waals surface area contributed by atoms with Gasteiger partial charge in [0.2, 0.25) is 0 Å². The Bertz CT molecular complexity index is 1170. The average Bonchev–Trinajstić information content (AvgIpc) is 3.34. The smallest absolute Gasteiger partial charge is 0.462 e. The third kappa shape index (κ3) is 5.91. The molecule has 7 nitrogen and oxygen atoms in total. The third-order valence-electron chi connectivity index (χ3n) is 6.71. The van der Waals surface area contributed by atoms with Crippen molar-refractivity contribution in [1.82, 2.24) is 14.8 Å². The predicted molar refractivity (Wildman–Crippen MR) is 125 cm³/mol. The number of furan rings is 1. The highest BCUT2D eigenvalue weighted by Gasteiger charge is 2.56. The van der Waals surface area contributed by atoms with Crippen LogP contribution >= 0.6 is 11.3 Å². The fraction of sp³-hybridized carbons (Fsp3) is 0.440. The first-order chi connectivity index (χ1) is 17.3. The van der Waals surface area contributed by atoms with Crippen LogP contribution in [0.3, 0.4) is 0 Å². The first-order valence-electron chi connectivity index (χ1n) is 11.6. The zero-order valence-electron chi connectivity index (χ0n) is 19.6. The number of alkyl halides is 3. The molecule has 2 unspecified atom stereocenters. The molecule has 2 aliphatic rings. The summed E-state index contributed by atoms with van der Waals surface area (Å²) in [5.74, 6) is 2.48. The van der Waals surface area contributed by atoms with Crippen molar-refractivity contribution in [2.45, 2.75) is 26.1 Å². The Kier molecular flexibility index (Phi) is 7.05. The topological polar surface area (TPSA) is 68.0 Å². The molecule has 0 bridgehead atoms. The molecule has 0 N–H and O–H groups in total. The predicted octanol–water partition coefficient (Wildman–Crippen LogP) is 4.80. The number of rotatable bonds is 10. The summed E-state index contributed by atoms with van der Waals surface area (Å²) in [6, 6.07) is 9.67. The molecule has 1 aromatic carbocycles. The van der Waals surface area contributed by atoms with Gasteiger partial charge in [-0.25, -0.2) is 4.98 Å². The number of amides is 1. The molecule has 0 radical (unpaired) electrons. The monoisotopic (exact) mass is 521 g/mol. The number of benzene rings is 1. The Morgan fingerprint density at radius 1 is 1.22 bits per heavy atom. The molecule has 11 heteroatoms. The number of halogens is 3. The minimum Gasteiger partial charge on any atom is -0.462 e. The van der Waals surface area contributed by atoms with Crippen molar-refractivity contribution >= 4 is 17.2 Å². The van der Waals surface area contributed by atoms with Crippen LogP contribution in [0.5, 0.6) is 5.75 Å². The molecular weight excluding hydrogens is 495 g/mol. The maximum atomic E-state index is 13.2. The summed E-state index contributed by atoms with van der Waals surface area (Å²) in [5.41, 5.74) is 2.51. The number of aromatic nitrogens is 1. The molecule has 36 heavy (non-hydrogen) atoms. The molecule has 192 valence electrons. The molecule has 2 aromatic heterocycles. The Balaban J connectivity index is 1.22. The van der Waals surface area contributed by atoms with Crippen LogP contribution in [0.15, 0.2) is 51.7 Å². The van der Waals surface area contributed by atoms with E-state index in [4.69, 9.17) is 9.15 Å². The van der Waals surface area contributed by atoms with Gasteiger partial charge in [-0.15, -0.1) is 24.5 Å². The number of methoxy groups -OCH3 is 1. The quantitative estimate of drug-likeness (QED) is 0.382. The van der Waals surface area contributed by atoms with Gasteiger partial charge in [-0.3, -0.25) is 9.69 Å². The Morgan fingerprint density at radius 2 is 2.00 bits per heavy atom. The molecular formula is C25H26F3N3O4S. The summed E-state index contributed by atoms with van der Waals surface area (Å²) in [6.07, 6.45) is -4.77. The van der Waals surface area contributed by atoms with E-state index in [1.54, 1.807) is 29.0 Å². The molecule has 5 rings (SSSR count). The first kappa shape index (κ1) is 24.8. The van der Waals surface area contributed by atoms with Gasteiger partial charge in [0.25, 0.3) is 5.91 Å². The number of carbonyl (C=O) groups excluding carboxylic acids is 1. The lowest BCUT2D eigenvalue weighted by atomic mass is 10.1. The minimum absolute atomic E-state index is 0.180. The summed E-state index contributed by atoms with van der Waals surface area (Å²) in [4.78, 5) is 21.4. The Labute approximate surface area is 210 Å². The zero-order chi connectivity index (χ0) is 25.3. The summed E-state index contributed by atoms with van der Waals surface area (Å²) < 4.78 is 52.9. The van der Waals surface area contributed by atoms with Gasteiger partial charge in [-0.05, 0) is 47.6 Å². The number of hydrogen-bond donors (Lipinski definition) is 0. The van der Waals surface area contributed by atoms with Crippen molar-refractivity contribution in [2.75, 3.05) is 26.7 Å². The van der Waals surface area contributed by atoms with Gasteiger partial charge >= 0.3 is 6.36 Å². The van der Waals surface area contributed by atoms with Gasteiger partial charge in [0, 0.05) is 38.7 Å². The van der Waals surface area contributed by atoms with Crippen molar-refractivity contribution in [3.05, 3.63) is 70.1 Å². The molecule has 1 aliphatic carbocycles. The maximum absolute atomic E-state index is 13.2. The second kappa shape index (κ2) is 10.2. The van der Waals surface area contributed by atoms with E-state index in [1.165, 1.54) is 29.5 Å². The van der Waals surface area contributed by atoms with E-state index in [0.29, 0.717) is 42.2 Å². The normalized spacial score (nSPS) is 21.4. The highest BCUT2D eigenvalue weighted by atomic mass is 32.1. The molecule has 1 aliphatic heterocycles. The summed E-state index contributed by atoms with van der Waals surface area (Å²) in [7, 11) is 1.63. The number of ether oxygens (including phenoxy) is 2. The van der Waals surface area contributed by atoms with Gasteiger partial charge in [-0.2, -0.15) is 0 Å². The van der Waals surface area contributed by atoms with E-state index < -0.39 is 6.36 Å². The molecule has 2 fully saturated rings. The molecule has 1 saturated heterocycles. The highest BCUT2D eigenvalue weighted by molar-refractivity contribution is 7.07. The van der Waals surface area contributed by atoms with Crippen LogP contribution in [-0.4, -0.2) is 53.8 Å². The van der Waals surface area contributed by atoms with Crippen molar-refractivity contribution in [3.8, 4) is 5.75 Å². The number of fused-ring (bicyclic) bond motifs is 1. The number of hydrogen-bond acceptors (Lipinski definition) is 7. The van der Waals surface area contributed by atoms with Crippen molar-refractivity contribution < 1.29 is 31.9 Å². The van der Waals surface area contributed by atoms with Crippen LogP contribution in [0, 0.1) is 17.8 Å². The van der Waals surface area contributed by atoms with E-state index >= 15 is 0 Å². The number of piperidine rings is 1. The number of likely N-dealkylation sites (tertiary alicyclic amines) is 1. The molecule has 3 aromatic rings. The van der Waals surface area contributed by atoms with Gasteiger partial charge in [0.15, 0.2) is 0 Å². The van der Waals surface area contributed by atoms with Crippen LogP contribution in [0.4, 0.5) is 13.2 Å². The van der Waals surface area contributed by atoms with Crippen LogP contribution in [0.1, 0.15) is 27.6 Å². The van der Waals surface area contributed by atoms with Gasteiger partial charge in [0.1, 0.15) is 29.6 Å². The number of thiazole rings is 1. The first-order valence-corrected chi connectivity index (χ1v) is 12.5. The Hall–Kier alpha value is -2.89. The average molecular weight is 522 g/mol. The highest BCUT2D eigenvalue weighted by Crippen LogP contribution is 2.52. The zero-order valence-corrected chi connectivity index (χ0v) is 20.4. The van der Waals surface area contributed by atoms with Crippen molar-refractivity contribution in [2.24, 2.45) is 17.8 Å². The summed E-state index contributed by atoms with van der Waals surface area (Å²) in [5, 5.41) is 1.69. The van der Waals surface area contributed by atoms with Gasteiger partial charge in [-0.1, -0.05) is 12.1 Å². The van der Waals surface area contributed by atoms with Crippen LogP contribution in [0.2, 0.25) is 0 Å². The largest absolute Gasteiger partial charge is 0.573 e. The molecule has 1 amide bonds. The second-order valence-electron chi connectivity index (χ2n) is 9.24. The van der Waals surface area contributed by atoms with Crippen LogP contribution in [-0.2, 0) is 24.4 Å². The molecule has 1 saturated carbocycles. The van der Waals surface area contributed by atoms with E-state index in [-0.39, 0.29) is 18.2 Å². The van der Waals surface area contributed by atoms with Crippen LogP contribution in [0.25, 0.3) is 0 Å². The standard InChI is InChI=1S/C25H26F3N3O4S/c1-33-13-19-6-5-18(34-19)9-30-10-20-21(11-30)22(20)12-31(24(32)23-14-36-15-29-23)8-16-3-2-4-17(7-16)35-25(26,27)28/h2-7,14-15,20-22H,8-13H2,1H3. The lowest BCUT2D eigenvalue weighted by molar-refractivity contribution is -0.274. The van der Waals surface area contributed by atoms with Crippen LogP contribution < -0.4 is 4.74 Å². The molecule has 0 spiro atoms. The fourth-order valence-corrected chi connectivity index (χ4v) is 5.63.